The Hall–Kier alpha value is -1.15. The molecule has 8 heteroatoms. The number of rotatable bonds is 6. The molecule has 1 saturated heterocycles. The van der Waals surface area contributed by atoms with Gasteiger partial charge in [0.2, 0.25) is 0 Å². The third kappa shape index (κ3) is 5.17. The lowest BCUT2D eigenvalue weighted by Gasteiger charge is -2.32. The monoisotopic (exact) mass is 346 g/mol. The molecular weight excluding hydrogens is 320 g/mol. The summed E-state index contributed by atoms with van der Waals surface area (Å²) in [6.45, 7) is 10.1. The molecule has 2 N–H and O–H groups in total. The Labute approximate surface area is 143 Å². The van der Waals surface area contributed by atoms with Crippen LogP contribution in [0.4, 0.5) is 0 Å². The van der Waals surface area contributed by atoms with E-state index in [0.717, 1.165) is 31.0 Å². The molecule has 7 nitrogen and oxygen atoms in total. The van der Waals surface area contributed by atoms with Crippen LogP contribution >= 0.6 is 12.4 Å². The van der Waals surface area contributed by atoms with Gasteiger partial charge in [-0.3, -0.25) is 14.4 Å². The van der Waals surface area contributed by atoms with Crippen molar-refractivity contribution in [1.82, 2.24) is 14.7 Å². The highest BCUT2D eigenvalue weighted by atomic mass is 35.5. The lowest BCUT2D eigenvalue weighted by Crippen LogP contribution is -2.45. The third-order valence-corrected chi connectivity index (χ3v) is 3.98. The van der Waals surface area contributed by atoms with Gasteiger partial charge in [-0.25, -0.2) is 0 Å². The molecule has 0 spiro atoms. The average Bonchev–Trinajstić information content (AvgIpc) is 2.75. The van der Waals surface area contributed by atoms with E-state index < -0.39 is 0 Å². The standard InChI is InChI=1S/C15H26N4O3.ClH/c1-4-21-15(20)10-19-12(3)14(11(2)17-19)9-18-5-6-22-13(7-16)8-18;/h13H,4-10,16H2,1-3H3;1H. The Morgan fingerprint density at radius 2 is 2.22 bits per heavy atom. The maximum atomic E-state index is 11.6. The Balaban J connectivity index is 0.00000264. The molecule has 1 aromatic heterocycles. The van der Waals surface area contributed by atoms with Crippen LogP contribution in [0.5, 0.6) is 0 Å². The average molecular weight is 347 g/mol. The Bertz CT molecular complexity index is 521. The SMILES string of the molecule is CCOC(=O)Cn1nc(C)c(CN2CCOC(CN)C2)c1C.Cl. The predicted molar refractivity (Wildman–Crippen MR) is 89.7 cm³/mol. The second-order valence-electron chi connectivity index (χ2n) is 5.58. The van der Waals surface area contributed by atoms with E-state index in [0.29, 0.717) is 19.8 Å². The number of hydrogen-bond acceptors (Lipinski definition) is 6. The summed E-state index contributed by atoms with van der Waals surface area (Å²) in [4.78, 5) is 14.0. The highest BCUT2D eigenvalue weighted by molar-refractivity contribution is 5.85. The van der Waals surface area contributed by atoms with Gasteiger partial charge in [0.25, 0.3) is 0 Å². The zero-order valence-electron chi connectivity index (χ0n) is 14.1. The van der Waals surface area contributed by atoms with E-state index in [2.05, 4.69) is 10.00 Å². The first-order valence-corrected chi connectivity index (χ1v) is 7.77. The molecule has 1 aromatic rings. The number of esters is 1. The molecule has 0 aliphatic carbocycles. The van der Waals surface area contributed by atoms with E-state index in [1.807, 2.05) is 13.8 Å². The van der Waals surface area contributed by atoms with Crippen molar-refractivity contribution in [3.63, 3.8) is 0 Å². The number of nitrogens with zero attached hydrogens (tertiary/aromatic N) is 3. The molecule has 23 heavy (non-hydrogen) atoms. The van der Waals surface area contributed by atoms with E-state index in [1.54, 1.807) is 11.6 Å². The van der Waals surface area contributed by atoms with Crippen molar-refractivity contribution in [2.45, 2.75) is 40.0 Å². The second kappa shape index (κ2) is 9.22. The largest absolute Gasteiger partial charge is 0.465 e. The Morgan fingerprint density at radius 3 is 2.87 bits per heavy atom. The number of aryl methyl sites for hydroxylation is 1. The van der Waals surface area contributed by atoms with Crippen LogP contribution < -0.4 is 5.73 Å². The number of hydrogen-bond donors (Lipinski definition) is 1. The Morgan fingerprint density at radius 1 is 1.48 bits per heavy atom. The van der Waals surface area contributed by atoms with Crippen LogP contribution in [0.1, 0.15) is 23.9 Å². The number of morpholine rings is 1. The van der Waals surface area contributed by atoms with Crippen molar-refractivity contribution < 1.29 is 14.3 Å². The fourth-order valence-electron chi connectivity index (χ4n) is 2.74. The predicted octanol–water partition coefficient (Wildman–Crippen LogP) is 0.644. The quantitative estimate of drug-likeness (QED) is 0.761. The van der Waals surface area contributed by atoms with Crippen LogP contribution in [0, 0.1) is 13.8 Å². The molecule has 0 radical (unpaired) electrons. The van der Waals surface area contributed by atoms with Crippen molar-refractivity contribution in [2.24, 2.45) is 5.73 Å². The molecule has 0 aromatic carbocycles. The van der Waals surface area contributed by atoms with Crippen LogP contribution in [-0.4, -0.2) is 59.6 Å². The second-order valence-corrected chi connectivity index (χ2v) is 5.58. The zero-order chi connectivity index (χ0) is 16.1. The van der Waals surface area contributed by atoms with Gasteiger partial charge >= 0.3 is 5.97 Å². The van der Waals surface area contributed by atoms with Crippen molar-refractivity contribution >= 4 is 18.4 Å². The zero-order valence-corrected chi connectivity index (χ0v) is 14.9. The summed E-state index contributed by atoms with van der Waals surface area (Å²) in [7, 11) is 0. The van der Waals surface area contributed by atoms with E-state index in [-0.39, 0.29) is 31.0 Å². The van der Waals surface area contributed by atoms with E-state index in [4.69, 9.17) is 15.2 Å². The normalized spacial score (nSPS) is 18.5. The van der Waals surface area contributed by atoms with Crippen LogP contribution in [0.15, 0.2) is 0 Å². The first-order chi connectivity index (χ1) is 10.5. The minimum Gasteiger partial charge on any atom is -0.465 e. The third-order valence-electron chi connectivity index (χ3n) is 3.98. The summed E-state index contributed by atoms with van der Waals surface area (Å²) in [5.41, 5.74) is 8.83. The molecule has 2 rings (SSSR count). The fourth-order valence-corrected chi connectivity index (χ4v) is 2.74. The number of nitrogens with two attached hydrogens (primary N) is 1. The molecule has 2 heterocycles. The molecule has 0 amide bonds. The number of carbonyl (C=O) groups excluding carboxylic acids is 1. The van der Waals surface area contributed by atoms with Gasteiger partial charge in [0.1, 0.15) is 6.54 Å². The number of halogens is 1. The molecule has 0 saturated carbocycles. The summed E-state index contributed by atoms with van der Waals surface area (Å²) < 4.78 is 12.3. The minimum absolute atomic E-state index is 0. The van der Waals surface area contributed by atoms with Crippen molar-refractivity contribution in [3.05, 3.63) is 17.0 Å². The summed E-state index contributed by atoms with van der Waals surface area (Å²) >= 11 is 0. The molecule has 1 aliphatic rings. The van der Waals surface area contributed by atoms with Crippen molar-refractivity contribution in [1.29, 1.82) is 0 Å². The van der Waals surface area contributed by atoms with Crippen LogP contribution in [0.3, 0.4) is 0 Å². The lowest BCUT2D eigenvalue weighted by molar-refractivity contribution is -0.144. The maximum Gasteiger partial charge on any atom is 0.327 e. The smallest absolute Gasteiger partial charge is 0.327 e. The summed E-state index contributed by atoms with van der Waals surface area (Å²) in [5, 5.41) is 4.47. The van der Waals surface area contributed by atoms with Gasteiger partial charge in [-0.05, 0) is 20.8 Å². The summed E-state index contributed by atoms with van der Waals surface area (Å²) in [6, 6.07) is 0. The van der Waals surface area contributed by atoms with Crippen molar-refractivity contribution in [3.8, 4) is 0 Å². The van der Waals surface area contributed by atoms with Crippen LogP contribution in [0.2, 0.25) is 0 Å². The van der Waals surface area contributed by atoms with Crippen LogP contribution in [0.25, 0.3) is 0 Å². The number of ether oxygens (including phenoxy) is 2. The summed E-state index contributed by atoms with van der Waals surface area (Å²) in [5.74, 6) is -0.255. The molecule has 1 unspecified atom stereocenters. The van der Waals surface area contributed by atoms with Gasteiger partial charge in [0, 0.05) is 37.4 Å². The molecular formula is C15H27ClN4O3. The Kier molecular flexibility index (Phi) is 7.98. The molecule has 1 atom stereocenters. The molecule has 132 valence electrons. The lowest BCUT2D eigenvalue weighted by atomic mass is 10.1. The minimum atomic E-state index is -0.255. The van der Waals surface area contributed by atoms with Gasteiger partial charge in [-0.2, -0.15) is 5.10 Å². The van der Waals surface area contributed by atoms with Gasteiger partial charge in [0.15, 0.2) is 0 Å². The van der Waals surface area contributed by atoms with Gasteiger partial charge in [-0.15, -0.1) is 12.4 Å². The van der Waals surface area contributed by atoms with Crippen molar-refractivity contribution in [2.75, 3.05) is 32.8 Å². The highest BCUT2D eigenvalue weighted by Gasteiger charge is 2.22. The first-order valence-electron chi connectivity index (χ1n) is 7.77. The van der Waals surface area contributed by atoms with Crippen LogP contribution in [-0.2, 0) is 27.4 Å². The summed E-state index contributed by atoms with van der Waals surface area (Å²) in [6.07, 6.45) is 0.101. The first kappa shape index (κ1) is 19.9. The van der Waals surface area contributed by atoms with E-state index in [9.17, 15) is 4.79 Å². The highest BCUT2D eigenvalue weighted by Crippen LogP contribution is 2.17. The van der Waals surface area contributed by atoms with Gasteiger partial charge in [0.05, 0.1) is 25.0 Å². The molecule has 1 aliphatic heterocycles. The maximum absolute atomic E-state index is 11.6. The van der Waals surface area contributed by atoms with Gasteiger partial charge < -0.3 is 15.2 Å². The molecule has 0 bridgehead atoms. The van der Waals surface area contributed by atoms with E-state index in [1.165, 1.54) is 5.56 Å². The van der Waals surface area contributed by atoms with E-state index >= 15 is 0 Å². The number of aromatic nitrogens is 2. The van der Waals surface area contributed by atoms with Gasteiger partial charge in [-0.1, -0.05) is 0 Å². The topological polar surface area (TPSA) is 82.6 Å². The molecule has 1 fully saturated rings. The number of carbonyl (C=O) groups is 1. The fraction of sp³-hybridized carbons (Fsp3) is 0.733.